The molecule has 100 valence electrons. The topological polar surface area (TPSA) is 29.5 Å². The molecule has 0 bridgehead atoms. The van der Waals surface area contributed by atoms with Crippen molar-refractivity contribution in [2.45, 2.75) is 39.3 Å². The first-order valence-corrected chi connectivity index (χ1v) is 7.23. The average molecular weight is 267 g/mol. The monoisotopic (exact) mass is 267 g/mol. The minimum absolute atomic E-state index is 0.0533. The number of carbonyl (C=O) groups excluding carboxylic acids is 1. The Morgan fingerprint density at radius 3 is 2.78 bits per heavy atom. The molecule has 1 aliphatic carbocycles. The molecule has 18 heavy (non-hydrogen) atoms. The summed E-state index contributed by atoms with van der Waals surface area (Å²) in [7, 11) is 2.72. The fraction of sp³-hybridized carbons (Fsp3) is 0.786. The van der Waals surface area contributed by atoms with Crippen LogP contribution in [0.2, 0.25) is 0 Å². The second-order valence-corrected chi connectivity index (χ2v) is 7.43. The molecule has 4 heteroatoms. The van der Waals surface area contributed by atoms with Gasteiger partial charge in [-0.2, -0.15) is 0 Å². The maximum absolute atomic E-state index is 12.3. The van der Waals surface area contributed by atoms with Gasteiger partial charge >= 0.3 is 5.97 Å². The van der Waals surface area contributed by atoms with Gasteiger partial charge < -0.3 is 4.74 Å². The van der Waals surface area contributed by atoms with E-state index in [0.29, 0.717) is 17.8 Å². The second-order valence-electron chi connectivity index (χ2n) is 6.76. The van der Waals surface area contributed by atoms with Gasteiger partial charge in [-0.05, 0) is 25.7 Å². The van der Waals surface area contributed by atoms with E-state index in [9.17, 15) is 4.79 Å². The second kappa shape index (κ2) is 3.58. The van der Waals surface area contributed by atoms with Gasteiger partial charge in [0.1, 0.15) is 11.6 Å². The SMILES string of the molecule is C[C@H]1C=C[C@@]2(C)[C@H]3[C@@H]1CN(P)[C@@H]3C(=O)OC2(C)C. The third kappa shape index (κ3) is 1.35. The third-order valence-electron chi connectivity index (χ3n) is 5.59. The van der Waals surface area contributed by atoms with E-state index in [-0.39, 0.29) is 17.4 Å². The number of carbonyl (C=O) groups is 1. The molecule has 2 fully saturated rings. The van der Waals surface area contributed by atoms with Crippen molar-refractivity contribution in [2.24, 2.45) is 23.2 Å². The Balaban J connectivity index is 2.15. The van der Waals surface area contributed by atoms with E-state index in [4.69, 9.17) is 4.74 Å². The van der Waals surface area contributed by atoms with Gasteiger partial charge in [-0.25, -0.2) is 0 Å². The van der Waals surface area contributed by atoms with Crippen LogP contribution in [-0.4, -0.2) is 28.8 Å². The Morgan fingerprint density at radius 1 is 1.44 bits per heavy atom. The molecule has 3 aliphatic rings. The first kappa shape index (κ1) is 12.6. The average Bonchev–Trinajstić information content (AvgIpc) is 2.60. The van der Waals surface area contributed by atoms with Gasteiger partial charge in [0, 0.05) is 17.9 Å². The van der Waals surface area contributed by atoms with Crippen molar-refractivity contribution in [2.75, 3.05) is 6.54 Å². The van der Waals surface area contributed by atoms with Gasteiger partial charge in [-0.3, -0.25) is 9.46 Å². The van der Waals surface area contributed by atoms with E-state index >= 15 is 0 Å². The highest BCUT2D eigenvalue weighted by Gasteiger charge is 2.64. The molecule has 0 aromatic heterocycles. The molecule has 2 heterocycles. The van der Waals surface area contributed by atoms with Gasteiger partial charge in [0.25, 0.3) is 0 Å². The summed E-state index contributed by atoms with van der Waals surface area (Å²) in [6.07, 6.45) is 4.60. The van der Waals surface area contributed by atoms with Crippen LogP contribution in [0.1, 0.15) is 27.7 Å². The number of esters is 1. The largest absolute Gasteiger partial charge is 0.458 e. The minimum Gasteiger partial charge on any atom is -0.458 e. The van der Waals surface area contributed by atoms with Gasteiger partial charge in [0.15, 0.2) is 0 Å². The van der Waals surface area contributed by atoms with Crippen LogP contribution >= 0.6 is 9.39 Å². The number of nitrogens with zero attached hydrogens (tertiary/aromatic N) is 1. The molecule has 0 saturated carbocycles. The summed E-state index contributed by atoms with van der Waals surface area (Å²) in [5, 5.41) is 0. The summed E-state index contributed by atoms with van der Waals surface area (Å²) in [6.45, 7) is 9.56. The Bertz CT molecular complexity index is 434. The molecular formula is C14H22NO2P. The summed E-state index contributed by atoms with van der Waals surface area (Å²) in [4.78, 5) is 12.3. The molecule has 3 nitrogen and oxygen atoms in total. The lowest BCUT2D eigenvalue weighted by molar-refractivity contribution is -0.196. The zero-order chi connectivity index (χ0) is 13.3. The number of hydrogen-bond acceptors (Lipinski definition) is 3. The Hall–Kier alpha value is -0.400. The fourth-order valence-corrected chi connectivity index (χ4v) is 4.64. The predicted octanol–water partition coefficient (Wildman–Crippen LogP) is 2.24. The Morgan fingerprint density at radius 2 is 2.11 bits per heavy atom. The molecule has 2 saturated heterocycles. The van der Waals surface area contributed by atoms with Crippen LogP contribution in [-0.2, 0) is 9.53 Å². The summed E-state index contributed by atoms with van der Waals surface area (Å²) in [5.74, 6) is 1.40. The summed E-state index contributed by atoms with van der Waals surface area (Å²) in [5.41, 5.74) is -0.482. The van der Waals surface area contributed by atoms with E-state index in [1.54, 1.807) is 0 Å². The summed E-state index contributed by atoms with van der Waals surface area (Å²) < 4.78 is 7.84. The van der Waals surface area contributed by atoms with Crippen molar-refractivity contribution in [3.05, 3.63) is 12.2 Å². The molecule has 0 amide bonds. The Kier molecular flexibility index (Phi) is 2.51. The highest BCUT2D eigenvalue weighted by Crippen LogP contribution is 2.58. The number of allylic oxidation sites excluding steroid dienone is 1. The number of hydrogen-bond donors (Lipinski definition) is 0. The van der Waals surface area contributed by atoms with Crippen LogP contribution in [0.15, 0.2) is 12.2 Å². The van der Waals surface area contributed by atoms with Gasteiger partial charge in [0.05, 0.1) is 0 Å². The zero-order valence-electron chi connectivity index (χ0n) is 11.5. The molecule has 3 rings (SSSR count). The molecule has 0 aromatic rings. The predicted molar refractivity (Wildman–Crippen MR) is 73.8 cm³/mol. The van der Waals surface area contributed by atoms with Crippen LogP contribution in [0, 0.1) is 23.2 Å². The van der Waals surface area contributed by atoms with Crippen molar-refractivity contribution in [1.82, 2.24) is 4.67 Å². The first-order chi connectivity index (χ1) is 8.28. The van der Waals surface area contributed by atoms with Crippen LogP contribution in [0.5, 0.6) is 0 Å². The van der Waals surface area contributed by atoms with Crippen molar-refractivity contribution < 1.29 is 9.53 Å². The number of cyclic esters (lactones) is 1. The minimum atomic E-state index is -0.421. The van der Waals surface area contributed by atoms with E-state index in [1.807, 2.05) is 13.8 Å². The van der Waals surface area contributed by atoms with E-state index in [2.05, 4.69) is 40.1 Å². The van der Waals surface area contributed by atoms with Crippen LogP contribution < -0.4 is 0 Å². The molecule has 1 unspecified atom stereocenters. The Labute approximate surface area is 111 Å². The maximum atomic E-state index is 12.3. The van der Waals surface area contributed by atoms with Crippen LogP contribution in [0.25, 0.3) is 0 Å². The summed E-state index contributed by atoms with van der Waals surface area (Å²) >= 11 is 0. The van der Waals surface area contributed by atoms with Crippen molar-refractivity contribution in [1.29, 1.82) is 0 Å². The van der Waals surface area contributed by atoms with Crippen molar-refractivity contribution in [3.63, 3.8) is 0 Å². The molecule has 0 radical (unpaired) electrons. The van der Waals surface area contributed by atoms with Crippen molar-refractivity contribution >= 4 is 15.4 Å². The molecule has 0 aromatic carbocycles. The smallest absolute Gasteiger partial charge is 0.324 e. The lowest BCUT2D eigenvalue weighted by atomic mass is 9.55. The highest BCUT2D eigenvalue weighted by atomic mass is 31.0. The highest BCUT2D eigenvalue weighted by molar-refractivity contribution is 7.13. The van der Waals surface area contributed by atoms with Gasteiger partial charge in [-0.15, -0.1) is 0 Å². The molecule has 6 atom stereocenters. The molecule has 2 aliphatic heterocycles. The molecular weight excluding hydrogens is 245 g/mol. The van der Waals surface area contributed by atoms with Crippen LogP contribution in [0.3, 0.4) is 0 Å². The van der Waals surface area contributed by atoms with E-state index in [1.165, 1.54) is 0 Å². The quantitative estimate of drug-likeness (QED) is 0.383. The summed E-state index contributed by atoms with van der Waals surface area (Å²) in [6, 6.07) is -0.0922. The first-order valence-electron chi connectivity index (χ1n) is 6.71. The normalized spacial score (nSPS) is 49.9. The number of ether oxygens (including phenoxy) is 1. The van der Waals surface area contributed by atoms with Crippen LogP contribution in [0.4, 0.5) is 0 Å². The van der Waals surface area contributed by atoms with E-state index < -0.39 is 5.60 Å². The standard InChI is InChI=1S/C14H22NO2P/c1-8-5-6-14(4)10-9(8)7-15(18)11(10)12(16)17-13(14,2)3/h5-6,8-11H,7,18H2,1-4H3/t8-,9+,10-,11-,14-/m0/s1. The third-order valence-corrected chi connectivity index (χ3v) is 6.12. The maximum Gasteiger partial charge on any atom is 0.324 e. The zero-order valence-corrected chi connectivity index (χ0v) is 12.7. The van der Waals surface area contributed by atoms with E-state index in [0.717, 1.165) is 6.54 Å². The lowest BCUT2D eigenvalue weighted by Gasteiger charge is -2.55. The van der Waals surface area contributed by atoms with Gasteiger partial charge in [0.2, 0.25) is 0 Å². The molecule has 0 N–H and O–H groups in total. The molecule has 0 spiro atoms. The fourth-order valence-electron chi connectivity index (χ4n) is 4.09. The van der Waals surface area contributed by atoms with Gasteiger partial charge in [-0.1, -0.05) is 35.4 Å². The lowest BCUT2D eigenvalue weighted by Crippen LogP contribution is -2.61. The van der Waals surface area contributed by atoms with Crippen molar-refractivity contribution in [3.8, 4) is 0 Å². The number of rotatable bonds is 0.